The molecule has 14 heavy (non-hydrogen) atoms. The second kappa shape index (κ2) is 5.78. The SMILES string of the molecule is NCC(NCCC1=CCCC1)C(=O)O. The van der Waals surface area contributed by atoms with Crippen molar-refractivity contribution in [3.8, 4) is 0 Å². The van der Waals surface area contributed by atoms with Crippen molar-refractivity contribution in [3.63, 3.8) is 0 Å². The fourth-order valence-electron chi connectivity index (χ4n) is 1.64. The monoisotopic (exact) mass is 198 g/mol. The molecule has 1 atom stereocenters. The van der Waals surface area contributed by atoms with Crippen LogP contribution < -0.4 is 11.1 Å². The third-order valence-electron chi connectivity index (χ3n) is 2.51. The largest absolute Gasteiger partial charge is 0.480 e. The molecule has 1 unspecified atom stereocenters. The number of allylic oxidation sites excluding steroid dienone is 1. The van der Waals surface area contributed by atoms with Gasteiger partial charge in [0.05, 0.1) is 0 Å². The standard InChI is InChI=1S/C10H18N2O2/c11-7-9(10(13)14)12-6-5-8-3-1-2-4-8/h3,9,12H,1-2,4-7,11H2,(H,13,14). The van der Waals surface area contributed by atoms with E-state index < -0.39 is 12.0 Å². The van der Waals surface area contributed by atoms with E-state index in [1.807, 2.05) is 0 Å². The summed E-state index contributed by atoms with van der Waals surface area (Å²) in [6.45, 7) is 0.856. The first-order valence-corrected chi connectivity index (χ1v) is 5.08. The van der Waals surface area contributed by atoms with Crippen LogP contribution in [0, 0.1) is 0 Å². The number of hydrogen-bond donors (Lipinski definition) is 3. The van der Waals surface area contributed by atoms with Crippen LogP contribution in [0.15, 0.2) is 11.6 Å². The van der Waals surface area contributed by atoms with Crippen molar-refractivity contribution in [1.82, 2.24) is 5.32 Å². The van der Waals surface area contributed by atoms with Gasteiger partial charge in [-0.15, -0.1) is 0 Å². The number of carboxylic acids is 1. The number of hydrogen-bond acceptors (Lipinski definition) is 3. The summed E-state index contributed by atoms with van der Waals surface area (Å²) in [5.41, 5.74) is 6.75. The summed E-state index contributed by atoms with van der Waals surface area (Å²) in [7, 11) is 0. The molecular weight excluding hydrogens is 180 g/mol. The molecule has 0 fully saturated rings. The maximum Gasteiger partial charge on any atom is 0.322 e. The van der Waals surface area contributed by atoms with E-state index in [-0.39, 0.29) is 6.54 Å². The lowest BCUT2D eigenvalue weighted by atomic mass is 10.1. The smallest absolute Gasteiger partial charge is 0.322 e. The minimum absolute atomic E-state index is 0.147. The predicted octanol–water partition coefficient (Wildman–Crippen LogP) is 0.488. The number of rotatable bonds is 6. The maximum atomic E-state index is 10.6. The summed E-state index contributed by atoms with van der Waals surface area (Å²) < 4.78 is 0. The summed E-state index contributed by atoms with van der Waals surface area (Å²) in [5.74, 6) is -0.868. The molecule has 0 aromatic carbocycles. The summed E-state index contributed by atoms with van der Waals surface area (Å²) in [6, 6.07) is -0.600. The Balaban J connectivity index is 2.15. The van der Waals surface area contributed by atoms with Gasteiger partial charge in [-0.05, 0) is 32.2 Å². The van der Waals surface area contributed by atoms with E-state index in [2.05, 4.69) is 11.4 Å². The second-order valence-electron chi connectivity index (χ2n) is 3.59. The average molecular weight is 198 g/mol. The van der Waals surface area contributed by atoms with Gasteiger partial charge >= 0.3 is 5.97 Å². The van der Waals surface area contributed by atoms with Crippen LogP contribution >= 0.6 is 0 Å². The van der Waals surface area contributed by atoms with Gasteiger partial charge in [0.2, 0.25) is 0 Å². The lowest BCUT2D eigenvalue weighted by molar-refractivity contribution is -0.139. The van der Waals surface area contributed by atoms with Crippen molar-refractivity contribution in [2.45, 2.75) is 31.7 Å². The lowest BCUT2D eigenvalue weighted by Crippen LogP contribution is -2.43. The zero-order chi connectivity index (χ0) is 10.4. The van der Waals surface area contributed by atoms with Crippen molar-refractivity contribution in [3.05, 3.63) is 11.6 Å². The second-order valence-corrected chi connectivity index (χ2v) is 3.59. The van der Waals surface area contributed by atoms with Crippen LogP contribution in [-0.2, 0) is 4.79 Å². The van der Waals surface area contributed by atoms with Gasteiger partial charge < -0.3 is 16.2 Å². The van der Waals surface area contributed by atoms with Gasteiger partial charge in [-0.1, -0.05) is 11.6 Å². The van der Waals surface area contributed by atoms with Crippen LogP contribution in [-0.4, -0.2) is 30.2 Å². The van der Waals surface area contributed by atoms with Crippen molar-refractivity contribution >= 4 is 5.97 Å². The number of carbonyl (C=O) groups is 1. The highest BCUT2D eigenvalue weighted by Gasteiger charge is 2.14. The first-order chi connectivity index (χ1) is 6.74. The van der Waals surface area contributed by atoms with E-state index in [9.17, 15) is 4.79 Å². The predicted molar refractivity (Wildman–Crippen MR) is 55.0 cm³/mol. The highest BCUT2D eigenvalue weighted by molar-refractivity contribution is 5.73. The maximum absolute atomic E-state index is 10.6. The molecule has 4 N–H and O–H groups in total. The van der Waals surface area contributed by atoms with E-state index in [1.165, 1.54) is 24.8 Å². The van der Waals surface area contributed by atoms with E-state index in [4.69, 9.17) is 10.8 Å². The summed E-state index contributed by atoms with van der Waals surface area (Å²) in [5, 5.41) is 11.6. The average Bonchev–Trinajstić information content (AvgIpc) is 2.64. The molecule has 1 aliphatic carbocycles. The molecule has 0 heterocycles. The van der Waals surface area contributed by atoms with Gasteiger partial charge in [0.15, 0.2) is 0 Å². The Kier molecular flexibility index (Phi) is 4.62. The van der Waals surface area contributed by atoms with E-state index in [0.29, 0.717) is 6.54 Å². The number of carboxylic acid groups (broad SMARTS) is 1. The fourth-order valence-corrected chi connectivity index (χ4v) is 1.64. The Morgan fingerprint density at radius 2 is 2.50 bits per heavy atom. The Labute approximate surface area is 84.2 Å². The van der Waals surface area contributed by atoms with Crippen molar-refractivity contribution in [2.24, 2.45) is 5.73 Å². The topological polar surface area (TPSA) is 75.3 Å². The molecule has 4 nitrogen and oxygen atoms in total. The van der Waals surface area contributed by atoms with Gasteiger partial charge in [0.25, 0.3) is 0 Å². The lowest BCUT2D eigenvalue weighted by Gasteiger charge is -2.11. The van der Waals surface area contributed by atoms with Crippen LogP contribution in [0.1, 0.15) is 25.7 Å². The van der Waals surface area contributed by atoms with Gasteiger partial charge in [-0.3, -0.25) is 4.79 Å². The number of nitrogens with two attached hydrogens (primary N) is 1. The molecule has 1 aliphatic rings. The van der Waals surface area contributed by atoms with Crippen molar-refractivity contribution in [1.29, 1.82) is 0 Å². The molecule has 4 heteroatoms. The summed E-state index contributed by atoms with van der Waals surface area (Å²) in [4.78, 5) is 10.6. The normalized spacial score (nSPS) is 17.9. The molecule has 0 spiro atoms. The van der Waals surface area contributed by atoms with Gasteiger partial charge in [-0.2, -0.15) is 0 Å². The number of aliphatic carboxylic acids is 1. The van der Waals surface area contributed by atoms with Crippen LogP contribution in [0.4, 0.5) is 0 Å². The Morgan fingerprint density at radius 1 is 1.71 bits per heavy atom. The van der Waals surface area contributed by atoms with Crippen LogP contribution in [0.5, 0.6) is 0 Å². The van der Waals surface area contributed by atoms with Crippen molar-refractivity contribution in [2.75, 3.05) is 13.1 Å². The highest BCUT2D eigenvalue weighted by Crippen LogP contribution is 2.19. The zero-order valence-corrected chi connectivity index (χ0v) is 8.33. The Hall–Kier alpha value is -0.870. The summed E-state index contributed by atoms with van der Waals surface area (Å²) in [6.07, 6.45) is 6.79. The summed E-state index contributed by atoms with van der Waals surface area (Å²) >= 11 is 0. The third-order valence-corrected chi connectivity index (χ3v) is 2.51. The molecule has 0 saturated carbocycles. The highest BCUT2D eigenvalue weighted by atomic mass is 16.4. The van der Waals surface area contributed by atoms with E-state index in [0.717, 1.165) is 6.42 Å². The van der Waals surface area contributed by atoms with E-state index in [1.54, 1.807) is 0 Å². The van der Waals surface area contributed by atoms with Crippen LogP contribution in [0.3, 0.4) is 0 Å². The fraction of sp³-hybridized carbons (Fsp3) is 0.700. The van der Waals surface area contributed by atoms with Gasteiger partial charge in [-0.25, -0.2) is 0 Å². The minimum atomic E-state index is -0.868. The van der Waals surface area contributed by atoms with Gasteiger partial charge in [0, 0.05) is 6.54 Å². The van der Waals surface area contributed by atoms with Crippen LogP contribution in [0.25, 0.3) is 0 Å². The molecule has 80 valence electrons. The first kappa shape index (κ1) is 11.2. The zero-order valence-electron chi connectivity index (χ0n) is 8.33. The quantitative estimate of drug-likeness (QED) is 0.543. The third kappa shape index (κ3) is 3.47. The minimum Gasteiger partial charge on any atom is -0.480 e. The molecule has 0 amide bonds. The molecule has 0 saturated heterocycles. The molecule has 1 rings (SSSR count). The van der Waals surface area contributed by atoms with Crippen molar-refractivity contribution < 1.29 is 9.90 Å². The molecule has 0 aromatic heterocycles. The van der Waals surface area contributed by atoms with E-state index >= 15 is 0 Å². The molecule has 0 bridgehead atoms. The Bertz CT molecular complexity index is 226. The van der Waals surface area contributed by atoms with Gasteiger partial charge in [0.1, 0.15) is 6.04 Å². The molecule has 0 aliphatic heterocycles. The Morgan fingerprint density at radius 3 is 3.00 bits per heavy atom. The molecule has 0 aromatic rings. The number of nitrogens with one attached hydrogen (secondary N) is 1. The van der Waals surface area contributed by atoms with Crippen LogP contribution in [0.2, 0.25) is 0 Å². The first-order valence-electron chi connectivity index (χ1n) is 5.08. The molecular formula is C10H18N2O2. The molecule has 0 radical (unpaired) electrons.